The first kappa shape index (κ1) is 30.9. The van der Waals surface area contributed by atoms with E-state index in [1.165, 1.54) is 0 Å². The number of morpholine rings is 1. The van der Waals surface area contributed by atoms with E-state index >= 15 is 0 Å². The molecule has 4 atom stereocenters. The lowest BCUT2D eigenvalue weighted by Gasteiger charge is -2.43. The molecule has 2 aliphatic rings. The Balaban J connectivity index is 1.57. The van der Waals surface area contributed by atoms with Gasteiger partial charge in [0.2, 0.25) is 5.91 Å². The van der Waals surface area contributed by atoms with Crippen molar-refractivity contribution in [2.24, 2.45) is 11.8 Å². The summed E-state index contributed by atoms with van der Waals surface area (Å²) in [6.07, 6.45) is 2.53. The molecule has 0 spiro atoms. The Morgan fingerprint density at radius 3 is 2.54 bits per heavy atom. The topological polar surface area (TPSA) is 135 Å². The highest BCUT2D eigenvalue weighted by Gasteiger charge is 2.39. The van der Waals surface area contributed by atoms with Gasteiger partial charge in [0.15, 0.2) is 0 Å². The van der Waals surface area contributed by atoms with Crippen molar-refractivity contribution in [2.45, 2.75) is 70.4 Å². The van der Waals surface area contributed by atoms with Crippen molar-refractivity contribution in [1.82, 2.24) is 15.1 Å². The SMILES string of the molecule is CC(CC(C)(C)N1CCOCC1)C(C#N)C(=O)N1CCCC[C@@H]1COC(=O)N[C@@H](Cc1ccccc1)B(O)O. The van der Waals surface area contributed by atoms with Crippen LogP contribution in [0, 0.1) is 23.2 Å². The van der Waals surface area contributed by atoms with Crippen molar-refractivity contribution in [2.75, 3.05) is 39.5 Å². The van der Waals surface area contributed by atoms with Gasteiger partial charge in [0.25, 0.3) is 0 Å². The minimum atomic E-state index is -1.76. The Hall–Kier alpha value is -2.65. The summed E-state index contributed by atoms with van der Waals surface area (Å²) in [5.41, 5.74) is 0.669. The van der Waals surface area contributed by atoms with E-state index in [9.17, 15) is 24.9 Å². The molecule has 2 heterocycles. The minimum Gasteiger partial charge on any atom is -0.447 e. The second-order valence-electron chi connectivity index (χ2n) is 11.3. The lowest BCUT2D eigenvalue weighted by molar-refractivity contribution is -0.140. The number of hydrogen-bond acceptors (Lipinski definition) is 8. The van der Waals surface area contributed by atoms with E-state index in [0.717, 1.165) is 31.5 Å². The fraction of sp³-hybridized carbons (Fsp3) is 0.679. The molecule has 2 saturated heterocycles. The number of amides is 2. The van der Waals surface area contributed by atoms with E-state index in [2.05, 4.69) is 30.1 Å². The zero-order valence-corrected chi connectivity index (χ0v) is 23.4. The van der Waals surface area contributed by atoms with E-state index < -0.39 is 25.1 Å². The van der Waals surface area contributed by atoms with Crippen molar-refractivity contribution >= 4 is 19.1 Å². The van der Waals surface area contributed by atoms with Crippen LogP contribution in [0.25, 0.3) is 0 Å². The highest BCUT2D eigenvalue weighted by Crippen LogP contribution is 2.31. The van der Waals surface area contributed by atoms with E-state index in [0.29, 0.717) is 32.6 Å². The number of carbonyl (C=O) groups excluding carboxylic acids is 2. The van der Waals surface area contributed by atoms with Gasteiger partial charge in [-0.15, -0.1) is 0 Å². The fourth-order valence-electron chi connectivity index (χ4n) is 5.74. The molecule has 3 rings (SSSR count). The Kier molecular flexibility index (Phi) is 11.6. The van der Waals surface area contributed by atoms with Crippen LogP contribution in [-0.4, -0.2) is 95.9 Å². The molecule has 0 aromatic heterocycles. The van der Waals surface area contributed by atoms with Crippen LogP contribution in [-0.2, 0) is 20.7 Å². The first-order chi connectivity index (χ1) is 18.6. The van der Waals surface area contributed by atoms with E-state index in [-0.39, 0.29) is 36.4 Å². The number of rotatable bonds is 11. The second-order valence-corrected chi connectivity index (χ2v) is 11.3. The Morgan fingerprint density at radius 1 is 1.21 bits per heavy atom. The third-order valence-electron chi connectivity index (χ3n) is 7.94. The molecule has 2 amide bonds. The molecule has 2 unspecified atom stereocenters. The maximum Gasteiger partial charge on any atom is 0.475 e. The molecule has 39 heavy (non-hydrogen) atoms. The van der Waals surface area contributed by atoms with Crippen LogP contribution in [0.5, 0.6) is 0 Å². The molecule has 0 bridgehead atoms. The van der Waals surface area contributed by atoms with E-state index in [1.807, 2.05) is 37.3 Å². The van der Waals surface area contributed by atoms with Crippen LogP contribution in [0.4, 0.5) is 4.79 Å². The highest BCUT2D eigenvalue weighted by molar-refractivity contribution is 6.43. The summed E-state index contributed by atoms with van der Waals surface area (Å²) in [4.78, 5) is 30.2. The minimum absolute atomic E-state index is 0.0248. The molecule has 1 aromatic rings. The highest BCUT2D eigenvalue weighted by atomic mass is 16.5. The van der Waals surface area contributed by atoms with Gasteiger partial charge in [0.1, 0.15) is 12.5 Å². The predicted octanol–water partition coefficient (Wildman–Crippen LogP) is 1.99. The molecule has 214 valence electrons. The van der Waals surface area contributed by atoms with E-state index in [1.54, 1.807) is 4.90 Å². The molecular weight excluding hydrogens is 499 g/mol. The molecule has 0 aliphatic carbocycles. The molecule has 1 aromatic carbocycles. The summed E-state index contributed by atoms with van der Waals surface area (Å²) in [6.45, 7) is 9.79. The van der Waals surface area contributed by atoms with Gasteiger partial charge < -0.3 is 29.7 Å². The first-order valence-electron chi connectivity index (χ1n) is 14.0. The molecule has 2 fully saturated rings. The number of nitrogens with one attached hydrogen (secondary N) is 1. The fourth-order valence-corrected chi connectivity index (χ4v) is 5.74. The van der Waals surface area contributed by atoms with Crippen LogP contribution in [0.2, 0.25) is 0 Å². The van der Waals surface area contributed by atoms with Crippen molar-refractivity contribution in [3.63, 3.8) is 0 Å². The normalized spacial score (nSPS) is 20.8. The molecule has 10 nitrogen and oxygen atoms in total. The summed E-state index contributed by atoms with van der Waals surface area (Å²) in [7, 11) is -1.76. The molecule has 0 radical (unpaired) electrons. The summed E-state index contributed by atoms with van der Waals surface area (Å²) >= 11 is 0. The molecular formula is C28H43BN4O6. The lowest BCUT2D eigenvalue weighted by atomic mass is 9.76. The summed E-state index contributed by atoms with van der Waals surface area (Å²) in [5.74, 6) is -2.11. The van der Waals surface area contributed by atoms with E-state index in [4.69, 9.17) is 9.47 Å². The van der Waals surface area contributed by atoms with Gasteiger partial charge in [0.05, 0.1) is 31.3 Å². The van der Waals surface area contributed by atoms with Crippen LogP contribution in [0.3, 0.4) is 0 Å². The third kappa shape index (κ3) is 8.93. The smallest absolute Gasteiger partial charge is 0.447 e. The maximum atomic E-state index is 13.6. The zero-order valence-electron chi connectivity index (χ0n) is 23.4. The standard InChI is InChI=1S/C28H43BN4O6/c1-21(18-28(2,3)32-13-15-38-16-14-32)24(19-30)26(34)33-12-8-7-11-23(33)20-39-27(35)31-25(29(36)37)17-22-9-5-4-6-10-22/h4-6,9-10,21,23-25,36-37H,7-8,11-18,20H2,1-3H3,(H,31,35)/t21?,23-,24?,25+/m1/s1. The second kappa shape index (κ2) is 14.7. The molecule has 2 aliphatic heterocycles. The number of nitriles is 1. The van der Waals surface area contributed by atoms with Crippen LogP contribution in [0.15, 0.2) is 30.3 Å². The summed E-state index contributed by atoms with van der Waals surface area (Å²) in [6, 6.07) is 11.1. The predicted molar refractivity (Wildman–Crippen MR) is 147 cm³/mol. The summed E-state index contributed by atoms with van der Waals surface area (Å²) < 4.78 is 10.9. The van der Waals surface area contributed by atoms with Gasteiger partial charge in [-0.2, -0.15) is 5.26 Å². The lowest BCUT2D eigenvalue weighted by Crippen LogP contribution is -2.53. The number of alkyl carbamates (subject to hydrolysis) is 1. The average molecular weight is 542 g/mol. The Labute approximate surface area is 232 Å². The quantitative estimate of drug-likeness (QED) is 0.362. The number of likely N-dealkylation sites (tertiary alicyclic amines) is 1. The largest absolute Gasteiger partial charge is 0.475 e. The van der Waals surface area contributed by atoms with Crippen LogP contribution < -0.4 is 5.32 Å². The average Bonchev–Trinajstić information content (AvgIpc) is 2.92. The van der Waals surface area contributed by atoms with Gasteiger partial charge in [-0.25, -0.2) is 4.79 Å². The van der Waals surface area contributed by atoms with Gasteiger partial charge in [-0.05, 0) is 57.4 Å². The van der Waals surface area contributed by atoms with Crippen molar-refractivity contribution in [3.05, 3.63) is 35.9 Å². The number of piperidine rings is 1. The number of hydrogen-bond donors (Lipinski definition) is 3. The first-order valence-corrected chi connectivity index (χ1v) is 14.0. The third-order valence-corrected chi connectivity index (χ3v) is 7.94. The van der Waals surface area contributed by atoms with Crippen LogP contribution in [0.1, 0.15) is 52.0 Å². The van der Waals surface area contributed by atoms with Crippen LogP contribution >= 0.6 is 0 Å². The van der Waals surface area contributed by atoms with Gasteiger partial charge in [0, 0.05) is 25.2 Å². The summed E-state index contributed by atoms with van der Waals surface area (Å²) in [5, 5.41) is 32.0. The van der Waals surface area contributed by atoms with Crippen molar-refractivity contribution in [3.8, 4) is 6.07 Å². The number of carbonyl (C=O) groups is 2. The van der Waals surface area contributed by atoms with Gasteiger partial charge in [-0.1, -0.05) is 37.3 Å². The van der Waals surface area contributed by atoms with Gasteiger partial charge in [-0.3, -0.25) is 9.69 Å². The zero-order chi connectivity index (χ0) is 28.4. The number of benzene rings is 1. The monoisotopic (exact) mass is 542 g/mol. The van der Waals surface area contributed by atoms with Crippen molar-refractivity contribution in [1.29, 1.82) is 5.26 Å². The maximum absolute atomic E-state index is 13.6. The molecule has 0 saturated carbocycles. The molecule has 3 N–H and O–H groups in total. The number of nitrogens with zero attached hydrogens (tertiary/aromatic N) is 3. The molecule has 11 heteroatoms. The Morgan fingerprint density at radius 2 is 1.90 bits per heavy atom. The van der Waals surface area contributed by atoms with Gasteiger partial charge >= 0.3 is 13.2 Å². The Bertz CT molecular complexity index is 967. The number of ether oxygens (including phenoxy) is 2. The van der Waals surface area contributed by atoms with Crippen molar-refractivity contribution < 1.29 is 29.1 Å².